The highest BCUT2D eigenvalue weighted by molar-refractivity contribution is 5.91. The van der Waals surface area contributed by atoms with Gasteiger partial charge in [0, 0.05) is 29.1 Å². The van der Waals surface area contributed by atoms with Crippen molar-refractivity contribution in [2.24, 2.45) is 5.92 Å². The Morgan fingerprint density at radius 1 is 0.962 bits per heavy atom. The molecule has 0 amide bonds. The second-order valence-corrected chi connectivity index (χ2v) is 6.41. The van der Waals surface area contributed by atoms with E-state index in [1.165, 1.54) is 28.6 Å². The molecule has 144 valence electrons. The molecule has 3 nitrogen and oxygen atoms in total. The number of aromatic nitrogens is 1. The van der Waals surface area contributed by atoms with E-state index in [1.807, 2.05) is 41.5 Å². The number of rotatable bonds is 0. The van der Waals surface area contributed by atoms with Crippen LogP contribution >= 0.6 is 0 Å². The largest absolute Gasteiger partial charge is 0.335 e. The molecule has 0 saturated carbocycles. The predicted octanol–water partition coefficient (Wildman–Crippen LogP) is 5.61. The molecule has 1 aromatic heterocycles. The average molecular weight is 357 g/mol. The minimum atomic E-state index is 0.250. The van der Waals surface area contributed by atoms with Crippen molar-refractivity contribution in [1.29, 1.82) is 0 Å². The van der Waals surface area contributed by atoms with E-state index in [-0.39, 0.29) is 5.92 Å². The first kappa shape index (κ1) is 20.7. The normalized spacial score (nSPS) is 22.8. The second kappa shape index (κ2) is 9.36. The van der Waals surface area contributed by atoms with Crippen molar-refractivity contribution >= 4 is 16.7 Å². The molecule has 1 saturated heterocycles. The van der Waals surface area contributed by atoms with Crippen LogP contribution in [0.3, 0.4) is 0 Å². The highest BCUT2D eigenvalue weighted by Gasteiger charge is 2.45. The number of carbonyl (C=O) groups excluding carboxylic acids is 1. The SMILES string of the molecule is CC.CC.CC.O=C1Cn2c3c(c4ccccc42)CCN2CCCC1C32. The maximum atomic E-state index is 12.6. The van der Waals surface area contributed by atoms with Crippen LogP contribution in [-0.4, -0.2) is 28.3 Å². The van der Waals surface area contributed by atoms with Crippen LogP contribution in [0.25, 0.3) is 10.9 Å². The van der Waals surface area contributed by atoms with Crippen molar-refractivity contribution in [2.75, 3.05) is 13.1 Å². The number of benzene rings is 1. The van der Waals surface area contributed by atoms with Gasteiger partial charge < -0.3 is 4.57 Å². The quantitative estimate of drug-likeness (QED) is 0.613. The highest BCUT2D eigenvalue weighted by atomic mass is 16.1. The lowest BCUT2D eigenvalue weighted by Crippen LogP contribution is -2.49. The lowest BCUT2D eigenvalue weighted by atomic mass is 9.78. The number of carbonyl (C=O) groups is 1. The van der Waals surface area contributed by atoms with E-state index in [1.54, 1.807) is 0 Å². The number of fused-ring (bicyclic) bond motifs is 3. The topological polar surface area (TPSA) is 25.2 Å². The Balaban J connectivity index is 0.000000371. The molecular weight excluding hydrogens is 320 g/mol. The molecule has 0 radical (unpaired) electrons. The minimum absolute atomic E-state index is 0.250. The summed E-state index contributed by atoms with van der Waals surface area (Å²) < 4.78 is 2.31. The summed E-state index contributed by atoms with van der Waals surface area (Å²) in [6, 6.07) is 8.98. The Hall–Kier alpha value is -1.61. The third kappa shape index (κ3) is 3.22. The van der Waals surface area contributed by atoms with Gasteiger partial charge in [0.1, 0.15) is 0 Å². The number of piperidine rings is 1. The second-order valence-electron chi connectivity index (χ2n) is 6.41. The number of Topliss-reactive ketones (excluding diaryl/α,β-unsaturated/α-hetero) is 1. The van der Waals surface area contributed by atoms with Crippen LogP contribution in [0.1, 0.15) is 71.7 Å². The fraction of sp³-hybridized carbons (Fsp3) is 0.609. The van der Waals surface area contributed by atoms with Crippen LogP contribution < -0.4 is 0 Å². The molecule has 1 aromatic carbocycles. The van der Waals surface area contributed by atoms with Gasteiger partial charge in [0.25, 0.3) is 0 Å². The summed E-state index contributed by atoms with van der Waals surface area (Å²) >= 11 is 0. The van der Waals surface area contributed by atoms with E-state index in [2.05, 4.69) is 33.7 Å². The average Bonchev–Trinajstić information content (AvgIpc) is 3.06. The molecule has 1 fully saturated rings. The Morgan fingerprint density at radius 3 is 2.38 bits per heavy atom. The van der Waals surface area contributed by atoms with Gasteiger partial charge in [-0.1, -0.05) is 59.7 Å². The summed E-state index contributed by atoms with van der Waals surface area (Å²) in [5.41, 5.74) is 4.24. The van der Waals surface area contributed by atoms with Gasteiger partial charge in [-0.3, -0.25) is 9.69 Å². The Kier molecular flexibility index (Phi) is 7.45. The van der Waals surface area contributed by atoms with Gasteiger partial charge in [-0.15, -0.1) is 0 Å². The van der Waals surface area contributed by atoms with Crippen molar-refractivity contribution in [3.63, 3.8) is 0 Å². The first-order chi connectivity index (χ1) is 12.8. The van der Waals surface area contributed by atoms with E-state index in [4.69, 9.17) is 0 Å². The summed E-state index contributed by atoms with van der Waals surface area (Å²) in [6.07, 6.45) is 3.41. The first-order valence-electron chi connectivity index (χ1n) is 10.7. The molecule has 2 atom stereocenters. The van der Waals surface area contributed by atoms with E-state index in [0.29, 0.717) is 18.4 Å². The summed E-state index contributed by atoms with van der Waals surface area (Å²) in [5, 5.41) is 1.38. The Morgan fingerprint density at radius 2 is 1.65 bits per heavy atom. The van der Waals surface area contributed by atoms with Crippen LogP contribution in [-0.2, 0) is 17.8 Å². The lowest BCUT2D eigenvalue weighted by molar-refractivity contribution is -0.129. The lowest BCUT2D eigenvalue weighted by Gasteiger charge is -2.46. The molecule has 0 N–H and O–H groups in total. The zero-order chi connectivity index (χ0) is 19.3. The fourth-order valence-electron chi connectivity index (χ4n) is 4.71. The van der Waals surface area contributed by atoms with Crippen molar-refractivity contribution in [1.82, 2.24) is 9.47 Å². The number of hydrogen-bond donors (Lipinski definition) is 0. The van der Waals surface area contributed by atoms with E-state index in [0.717, 1.165) is 25.9 Å². The van der Waals surface area contributed by atoms with Gasteiger partial charge >= 0.3 is 0 Å². The van der Waals surface area contributed by atoms with Crippen molar-refractivity contribution < 1.29 is 4.79 Å². The molecule has 0 bridgehead atoms. The van der Waals surface area contributed by atoms with Gasteiger partial charge in [0.15, 0.2) is 5.78 Å². The molecule has 0 spiro atoms. The monoisotopic (exact) mass is 356 g/mol. The molecule has 4 heterocycles. The third-order valence-corrected chi connectivity index (χ3v) is 5.51. The number of hydrogen-bond acceptors (Lipinski definition) is 2. The maximum Gasteiger partial charge on any atom is 0.157 e. The minimum Gasteiger partial charge on any atom is -0.335 e. The zero-order valence-corrected chi connectivity index (χ0v) is 17.5. The molecule has 5 rings (SSSR count). The van der Waals surface area contributed by atoms with Crippen LogP contribution in [0.15, 0.2) is 24.3 Å². The van der Waals surface area contributed by atoms with Gasteiger partial charge in [0.05, 0.1) is 12.6 Å². The number of ketones is 1. The van der Waals surface area contributed by atoms with Gasteiger partial charge in [-0.25, -0.2) is 0 Å². The molecular formula is C23H36N2O. The van der Waals surface area contributed by atoms with Crippen LogP contribution in [0, 0.1) is 5.92 Å². The molecule has 2 unspecified atom stereocenters. The van der Waals surface area contributed by atoms with Gasteiger partial charge in [0.2, 0.25) is 0 Å². The molecule has 26 heavy (non-hydrogen) atoms. The summed E-state index contributed by atoms with van der Waals surface area (Å²) in [5.74, 6) is 0.695. The maximum absolute atomic E-state index is 12.6. The van der Waals surface area contributed by atoms with Crippen molar-refractivity contribution in [2.45, 2.75) is 73.4 Å². The Labute approximate surface area is 159 Å². The van der Waals surface area contributed by atoms with E-state index in [9.17, 15) is 4.79 Å². The summed E-state index contributed by atoms with van der Waals surface area (Å²) in [4.78, 5) is 15.1. The molecule has 3 aliphatic rings. The van der Waals surface area contributed by atoms with Crippen molar-refractivity contribution in [3.8, 4) is 0 Å². The van der Waals surface area contributed by atoms with E-state index >= 15 is 0 Å². The predicted molar refractivity (Wildman–Crippen MR) is 112 cm³/mol. The van der Waals surface area contributed by atoms with Crippen molar-refractivity contribution in [3.05, 3.63) is 35.5 Å². The fourth-order valence-corrected chi connectivity index (χ4v) is 4.71. The number of nitrogens with zero attached hydrogens (tertiary/aromatic N) is 2. The van der Waals surface area contributed by atoms with Gasteiger partial charge in [-0.05, 0) is 37.4 Å². The molecule has 2 aromatic rings. The van der Waals surface area contributed by atoms with Crippen LogP contribution in [0.4, 0.5) is 0 Å². The van der Waals surface area contributed by atoms with Crippen LogP contribution in [0.2, 0.25) is 0 Å². The zero-order valence-electron chi connectivity index (χ0n) is 17.5. The third-order valence-electron chi connectivity index (χ3n) is 5.51. The smallest absolute Gasteiger partial charge is 0.157 e. The van der Waals surface area contributed by atoms with Crippen LogP contribution in [0.5, 0.6) is 0 Å². The molecule has 0 aliphatic carbocycles. The van der Waals surface area contributed by atoms with Gasteiger partial charge in [-0.2, -0.15) is 0 Å². The molecule has 3 heteroatoms. The van der Waals surface area contributed by atoms with E-state index < -0.39 is 0 Å². The number of para-hydroxylation sites is 1. The summed E-state index contributed by atoms with van der Waals surface area (Å²) in [6.45, 7) is 14.9. The summed E-state index contributed by atoms with van der Waals surface area (Å²) in [7, 11) is 0. The standard InChI is InChI=1S/C17H18N2O.3C2H6/c20-15-10-19-14-6-2-1-4-11(14)12-7-9-18-8-3-5-13(15)16(18)17(12)19;3*1-2/h1-2,4,6,13,16H,3,5,7-10H2;3*1-2H3. The highest BCUT2D eigenvalue weighted by Crippen LogP contribution is 2.47. The Bertz CT molecular complexity index is 731. The first-order valence-corrected chi connectivity index (χ1v) is 10.7. The molecule has 3 aliphatic heterocycles.